The molecule has 5 heteroatoms. The van der Waals surface area contributed by atoms with E-state index < -0.39 is 23.9 Å². The van der Waals surface area contributed by atoms with Gasteiger partial charge in [0, 0.05) is 7.26 Å². The van der Waals surface area contributed by atoms with Gasteiger partial charge in [0.05, 0.1) is 24.3 Å². The third kappa shape index (κ3) is 8.35. The van der Waals surface area contributed by atoms with Crippen LogP contribution < -0.4 is 24.0 Å². The number of rotatable bonds is 7. The van der Waals surface area contributed by atoms with Gasteiger partial charge >= 0.3 is 0 Å². The van der Waals surface area contributed by atoms with Gasteiger partial charge in [-0.15, -0.1) is 0 Å². The predicted molar refractivity (Wildman–Crippen MR) is 85.3 cm³/mol. The average molecular weight is 406 g/mol. The van der Waals surface area contributed by atoms with Crippen LogP contribution in [0.3, 0.4) is 0 Å². The first-order valence-electron chi connectivity index (χ1n) is 6.65. The highest BCUT2D eigenvalue weighted by Gasteiger charge is 2.42. The maximum Gasteiger partial charge on any atom is 0.212 e. The standard InChI is InChI=1S/C12H32OPSi2.HI/c1-9-14(10-2,11-3)12-16(7,8)13-15(4,5)6;/h9-12H2,1-8H3;1H/q+1;/p-1. The molecular weight excluding hydrogens is 374 g/mol. The summed E-state index contributed by atoms with van der Waals surface area (Å²) in [5.41, 5.74) is 0. The van der Waals surface area contributed by atoms with E-state index in [1.807, 2.05) is 0 Å². The average Bonchev–Trinajstić information content (AvgIpc) is 2.10. The van der Waals surface area contributed by atoms with Gasteiger partial charge in [0.15, 0.2) is 8.32 Å². The Bertz CT molecular complexity index is 205. The molecule has 0 atom stereocenters. The summed E-state index contributed by atoms with van der Waals surface area (Å²) in [5.74, 6) is 1.44. The summed E-state index contributed by atoms with van der Waals surface area (Å²) in [6.45, 7) is 19.0. The molecule has 0 saturated heterocycles. The maximum atomic E-state index is 6.49. The van der Waals surface area contributed by atoms with Crippen molar-refractivity contribution in [2.24, 2.45) is 0 Å². The van der Waals surface area contributed by atoms with E-state index in [1.54, 1.807) is 0 Å². The zero-order valence-corrected chi connectivity index (χ0v) is 18.1. The Balaban J connectivity index is 0. The second-order valence-electron chi connectivity index (χ2n) is 6.42. The summed E-state index contributed by atoms with van der Waals surface area (Å²) >= 11 is 0. The summed E-state index contributed by atoms with van der Waals surface area (Å²) in [5, 5.41) is 0. The van der Waals surface area contributed by atoms with E-state index in [1.165, 1.54) is 24.3 Å². The quantitative estimate of drug-likeness (QED) is 0.355. The van der Waals surface area contributed by atoms with Crippen molar-refractivity contribution in [3.05, 3.63) is 0 Å². The van der Waals surface area contributed by atoms with Gasteiger partial charge < -0.3 is 28.1 Å². The lowest BCUT2D eigenvalue weighted by molar-refractivity contribution is -0.00000554. The van der Waals surface area contributed by atoms with Crippen LogP contribution in [0.5, 0.6) is 0 Å². The fourth-order valence-electron chi connectivity index (χ4n) is 2.68. The van der Waals surface area contributed by atoms with Crippen LogP contribution >= 0.6 is 7.26 Å². The molecule has 0 radical (unpaired) electrons. The molecule has 0 spiro atoms. The van der Waals surface area contributed by atoms with Gasteiger partial charge in [-0.1, -0.05) is 0 Å². The molecule has 0 heterocycles. The number of halogens is 1. The molecule has 0 aromatic carbocycles. The van der Waals surface area contributed by atoms with Crippen LogP contribution in [-0.4, -0.2) is 40.9 Å². The van der Waals surface area contributed by atoms with Crippen LogP contribution in [0.4, 0.5) is 0 Å². The smallest absolute Gasteiger partial charge is 0.212 e. The Morgan fingerprint density at radius 3 is 1.41 bits per heavy atom. The summed E-state index contributed by atoms with van der Waals surface area (Å²) in [6.07, 6.45) is 4.22. The van der Waals surface area contributed by atoms with Gasteiger partial charge in [0.2, 0.25) is 8.32 Å². The first-order valence-corrected chi connectivity index (χ1v) is 15.7. The van der Waals surface area contributed by atoms with Crippen molar-refractivity contribution < 1.29 is 28.1 Å². The van der Waals surface area contributed by atoms with Crippen LogP contribution in [0.1, 0.15) is 20.8 Å². The fourth-order valence-corrected chi connectivity index (χ4v) is 20.6. The van der Waals surface area contributed by atoms with Gasteiger partial charge in [-0.2, -0.15) is 0 Å². The molecule has 0 fully saturated rings. The summed E-state index contributed by atoms with van der Waals surface area (Å²) in [7, 11) is -3.46. The third-order valence-electron chi connectivity index (χ3n) is 3.31. The van der Waals surface area contributed by atoms with Crippen LogP contribution in [0.2, 0.25) is 32.7 Å². The molecule has 0 amide bonds. The minimum absolute atomic E-state index is 0. The lowest BCUT2D eigenvalue weighted by atomic mass is 10.9. The molecular formula is C12H32IOPSi2. The molecule has 0 aromatic heterocycles. The Morgan fingerprint density at radius 2 is 1.18 bits per heavy atom. The van der Waals surface area contributed by atoms with E-state index in [2.05, 4.69) is 53.5 Å². The summed E-state index contributed by atoms with van der Waals surface area (Å²) in [6, 6.07) is 0. The molecule has 0 aliphatic heterocycles. The number of hydrogen-bond acceptors (Lipinski definition) is 1. The van der Waals surface area contributed by atoms with Crippen LogP contribution in [0, 0.1) is 0 Å². The second-order valence-corrected chi connectivity index (χ2v) is 20.8. The summed E-state index contributed by atoms with van der Waals surface area (Å²) in [4.78, 5) is 0. The lowest BCUT2D eigenvalue weighted by Gasteiger charge is -2.36. The Hall–Kier alpha value is 1.55. The normalized spacial score (nSPS) is 13.4. The first-order chi connectivity index (χ1) is 7.10. The lowest BCUT2D eigenvalue weighted by Crippen LogP contribution is -3.00. The molecule has 17 heavy (non-hydrogen) atoms. The highest BCUT2D eigenvalue weighted by molar-refractivity contribution is 7.77. The van der Waals surface area contributed by atoms with Gasteiger partial charge in [-0.05, 0) is 53.5 Å². The SMILES string of the molecule is CC[P+](CC)(CC)C[Si](C)(C)O[Si](C)(C)C.[I-]. The Labute approximate surface area is 129 Å². The summed E-state index contributed by atoms with van der Waals surface area (Å²) < 4.78 is 6.49. The van der Waals surface area contributed by atoms with Crippen molar-refractivity contribution in [2.75, 3.05) is 24.3 Å². The van der Waals surface area contributed by atoms with E-state index in [0.717, 1.165) is 0 Å². The monoisotopic (exact) mass is 406 g/mol. The molecule has 0 saturated carbocycles. The molecule has 1 nitrogen and oxygen atoms in total. The van der Waals surface area contributed by atoms with Crippen molar-refractivity contribution in [1.82, 2.24) is 0 Å². The molecule has 0 aliphatic carbocycles. The van der Waals surface area contributed by atoms with E-state index >= 15 is 0 Å². The third-order valence-corrected chi connectivity index (χ3v) is 17.7. The second kappa shape index (κ2) is 7.98. The van der Waals surface area contributed by atoms with Crippen molar-refractivity contribution in [2.45, 2.75) is 53.5 Å². The minimum atomic E-state index is -1.43. The molecule has 0 aromatic rings. The van der Waals surface area contributed by atoms with Crippen LogP contribution in [0.15, 0.2) is 0 Å². The predicted octanol–water partition coefficient (Wildman–Crippen LogP) is 1.66. The highest BCUT2D eigenvalue weighted by Crippen LogP contribution is 2.59. The van der Waals surface area contributed by atoms with Crippen molar-refractivity contribution in [1.29, 1.82) is 0 Å². The van der Waals surface area contributed by atoms with Crippen LogP contribution in [-0.2, 0) is 4.12 Å². The topological polar surface area (TPSA) is 9.23 Å². The van der Waals surface area contributed by atoms with Crippen molar-refractivity contribution in [3.63, 3.8) is 0 Å². The van der Waals surface area contributed by atoms with Gasteiger partial charge in [-0.25, -0.2) is 0 Å². The highest BCUT2D eigenvalue weighted by atomic mass is 127. The maximum absolute atomic E-state index is 6.49. The minimum Gasteiger partial charge on any atom is -1.00 e. The van der Waals surface area contributed by atoms with Crippen molar-refractivity contribution in [3.8, 4) is 0 Å². The Kier molecular flexibility index (Phi) is 9.79. The fraction of sp³-hybridized carbons (Fsp3) is 1.00. The molecule has 0 rings (SSSR count). The Morgan fingerprint density at radius 1 is 0.824 bits per heavy atom. The zero-order valence-electron chi connectivity index (χ0n) is 13.1. The first kappa shape index (κ1) is 20.9. The van der Waals surface area contributed by atoms with Gasteiger partial charge in [-0.3, -0.25) is 0 Å². The molecule has 0 N–H and O–H groups in total. The zero-order chi connectivity index (χ0) is 13.0. The molecule has 0 bridgehead atoms. The molecule has 0 unspecified atom stereocenters. The number of hydrogen-bond donors (Lipinski definition) is 0. The van der Waals surface area contributed by atoms with Gasteiger partial charge in [0.1, 0.15) is 0 Å². The van der Waals surface area contributed by atoms with Crippen molar-refractivity contribution >= 4 is 23.9 Å². The molecule has 0 aliphatic rings. The van der Waals surface area contributed by atoms with E-state index in [-0.39, 0.29) is 24.0 Å². The molecule has 106 valence electrons. The van der Waals surface area contributed by atoms with E-state index in [0.29, 0.717) is 0 Å². The largest absolute Gasteiger partial charge is 1.00 e. The van der Waals surface area contributed by atoms with E-state index in [4.69, 9.17) is 4.12 Å². The van der Waals surface area contributed by atoms with Gasteiger partial charge in [0.25, 0.3) is 0 Å². The van der Waals surface area contributed by atoms with E-state index in [9.17, 15) is 0 Å². The van der Waals surface area contributed by atoms with Crippen LogP contribution in [0.25, 0.3) is 0 Å².